The Hall–Kier alpha value is -1.86. The molecule has 6 nitrogen and oxygen atoms in total. The number of benzene rings is 1. The second kappa shape index (κ2) is 7.58. The van der Waals surface area contributed by atoms with Crippen LogP contribution in [0.1, 0.15) is 24.5 Å². The number of carbonyl (C=O) groups excluding carboxylic acids is 2. The number of carbonyl (C=O) groups is 2. The van der Waals surface area contributed by atoms with Gasteiger partial charge in [-0.3, -0.25) is 4.79 Å². The molecule has 1 fully saturated rings. The maximum atomic E-state index is 11.9. The largest absolute Gasteiger partial charge is 0.452 e. The molecule has 1 aromatic rings. The first-order valence-corrected chi connectivity index (χ1v) is 9.91. The summed E-state index contributed by atoms with van der Waals surface area (Å²) in [5.74, 6) is -1.25. The lowest BCUT2D eigenvalue weighted by Gasteiger charge is -2.23. The lowest BCUT2D eigenvalue weighted by molar-refractivity contribution is -0.144. The monoisotopic (exact) mass is 385 g/mol. The fourth-order valence-electron chi connectivity index (χ4n) is 2.54. The zero-order valence-electron chi connectivity index (χ0n) is 14.0. The molecule has 1 aromatic carbocycles. The normalized spacial score (nSPS) is 22.0. The molecule has 1 N–H and O–H groups in total. The van der Waals surface area contributed by atoms with Crippen molar-refractivity contribution in [2.75, 3.05) is 18.1 Å². The zero-order chi connectivity index (χ0) is 18.7. The van der Waals surface area contributed by atoms with Crippen LogP contribution in [0.2, 0.25) is 5.02 Å². The van der Waals surface area contributed by atoms with Crippen molar-refractivity contribution >= 4 is 39.4 Å². The smallest absolute Gasteiger partial charge is 0.331 e. The highest BCUT2D eigenvalue weighted by molar-refractivity contribution is 7.91. The Bertz CT molecular complexity index is 818. The summed E-state index contributed by atoms with van der Waals surface area (Å²) in [5, 5.41) is 3.21. The Labute approximate surface area is 152 Å². The van der Waals surface area contributed by atoms with Crippen LogP contribution in [-0.4, -0.2) is 43.9 Å². The van der Waals surface area contributed by atoms with E-state index < -0.39 is 33.9 Å². The maximum absolute atomic E-state index is 11.9. The average Bonchev–Trinajstić information content (AvgIpc) is 2.79. The molecular formula is C17H20ClNO5S. The molecule has 0 saturated carbocycles. The van der Waals surface area contributed by atoms with Gasteiger partial charge in [0, 0.05) is 11.1 Å². The number of ether oxygens (including phenoxy) is 1. The summed E-state index contributed by atoms with van der Waals surface area (Å²) in [6.07, 6.45) is 3.09. The van der Waals surface area contributed by atoms with E-state index in [1.807, 2.05) is 13.0 Å². The van der Waals surface area contributed by atoms with Crippen molar-refractivity contribution in [2.24, 2.45) is 0 Å². The van der Waals surface area contributed by atoms with Gasteiger partial charge in [0.1, 0.15) is 0 Å². The number of sulfone groups is 1. The number of rotatable bonds is 5. The molecule has 0 aliphatic carbocycles. The Morgan fingerprint density at radius 3 is 2.72 bits per heavy atom. The number of aryl methyl sites for hydroxylation is 1. The molecule has 0 bridgehead atoms. The van der Waals surface area contributed by atoms with Gasteiger partial charge in [0.25, 0.3) is 5.91 Å². The van der Waals surface area contributed by atoms with Gasteiger partial charge < -0.3 is 10.1 Å². The van der Waals surface area contributed by atoms with Gasteiger partial charge in [0.2, 0.25) is 0 Å². The van der Waals surface area contributed by atoms with Crippen LogP contribution in [0.3, 0.4) is 0 Å². The van der Waals surface area contributed by atoms with Gasteiger partial charge in [-0.15, -0.1) is 0 Å². The minimum Gasteiger partial charge on any atom is -0.452 e. The van der Waals surface area contributed by atoms with Crippen LogP contribution in [0, 0.1) is 6.92 Å². The van der Waals surface area contributed by atoms with Crippen molar-refractivity contribution in [1.29, 1.82) is 0 Å². The van der Waals surface area contributed by atoms with E-state index in [0.717, 1.165) is 11.1 Å². The summed E-state index contributed by atoms with van der Waals surface area (Å²) >= 11 is 6.00. The van der Waals surface area contributed by atoms with E-state index in [9.17, 15) is 18.0 Å². The lowest BCUT2D eigenvalue weighted by Crippen LogP contribution is -2.48. The van der Waals surface area contributed by atoms with Crippen molar-refractivity contribution in [2.45, 2.75) is 25.8 Å². The third-order valence-corrected chi connectivity index (χ3v) is 6.21. The fourth-order valence-corrected chi connectivity index (χ4v) is 4.83. The van der Waals surface area contributed by atoms with Crippen LogP contribution in [0.25, 0.3) is 6.08 Å². The predicted molar refractivity (Wildman–Crippen MR) is 96.0 cm³/mol. The minimum atomic E-state index is -3.12. The molecule has 8 heteroatoms. The van der Waals surface area contributed by atoms with E-state index in [-0.39, 0.29) is 11.5 Å². The molecule has 0 radical (unpaired) electrons. The summed E-state index contributed by atoms with van der Waals surface area (Å²) < 4.78 is 27.9. The Kier molecular flexibility index (Phi) is 5.90. The molecule has 1 amide bonds. The number of nitrogens with one attached hydrogen (secondary N) is 1. The van der Waals surface area contributed by atoms with E-state index in [4.69, 9.17) is 16.3 Å². The number of hydrogen-bond donors (Lipinski definition) is 1. The van der Waals surface area contributed by atoms with Crippen molar-refractivity contribution in [3.8, 4) is 0 Å². The van der Waals surface area contributed by atoms with Crippen molar-refractivity contribution in [3.05, 3.63) is 40.4 Å². The Morgan fingerprint density at radius 1 is 1.40 bits per heavy atom. The van der Waals surface area contributed by atoms with Crippen LogP contribution < -0.4 is 5.32 Å². The summed E-state index contributed by atoms with van der Waals surface area (Å²) in [4.78, 5) is 23.5. The number of halogens is 1. The van der Waals surface area contributed by atoms with Crippen LogP contribution in [-0.2, 0) is 24.2 Å². The molecule has 0 unspecified atom stereocenters. The fraction of sp³-hybridized carbons (Fsp3) is 0.412. The van der Waals surface area contributed by atoms with Crippen LogP contribution in [0.15, 0.2) is 24.3 Å². The quantitative estimate of drug-likeness (QED) is 0.617. The molecule has 1 aliphatic heterocycles. The van der Waals surface area contributed by atoms with E-state index in [1.54, 1.807) is 19.1 Å². The standard InChI is InChI=1S/C17H20ClNO5S/c1-12-3-4-13(9-14(12)18)5-6-16(21)24-10-15(20)19-17(2)7-8-25(22,23)11-17/h3-6,9H,7-8,10-11H2,1-2H3,(H,19,20)/b6-5+/t17-/m0/s1. The SMILES string of the molecule is Cc1ccc(/C=C/C(=O)OCC(=O)N[C@@]2(C)CCS(=O)(=O)C2)cc1Cl. The number of hydrogen-bond acceptors (Lipinski definition) is 5. The Morgan fingerprint density at radius 2 is 2.12 bits per heavy atom. The first kappa shape index (κ1) is 19.5. The first-order valence-electron chi connectivity index (χ1n) is 7.71. The number of esters is 1. The van der Waals surface area contributed by atoms with Gasteiger partial charge in [-0.2, -0.15) is 0 Å². The van der Waals surface area contributed by atoms with Crippen molar-refractivity contribution in [1.82, 2.24) is 5.32 Å². The lowest BCUT2D eigenvalue weighted by atomic mass is 10.0. The summed E-state index contributed by atoms with van der Waals surface area (Å²) in [5.41, 5.74) is 0.859. The molecule has 136 valence electrons. The van der Waals surface area contributed by atoms with Crippen LogP contribution in [0.4, 0.5) is 0 Å². The van der Waals surface area contributed by atoms with Crippen molar-refractivity contribution < 1.29 is 22.7 Å². The van der Waals surface area contributed by atoms with Gasteiger partial charge >= 0.3 is 5.97 Å². The zero-order valence-corrected chi connectivity index (χ0v) is 15.6. The molecule has 25 heavy (non-hydrogen) atoms. The van der Waals surface area contributed by atoms with E-state index in [0.29, 0.717) is 11.4 Å². The van der Waals surface area contributed by atoms with Gasteiger partial charge in [-0.1, -0.05) is 23.7 Å². The van der Waals surface area contributed by atoms with Gasteiger partial charge in [-0.05, 0) is 43.5 Å². The average molecular weight is 386 g/mol. The molecule has 1 saturated heterocycles. The molecule has 2 rings (SSSR count). The van der Waals surface area contributed by atoms with Crippen molar-refractivity contribution in [3.63, 3.8) is 0 Å². The summed E-state index contributed by atoms with van der Waals surface area (Å²) in [6, 6.07) is 5.35. The Balaban J connectivity index is 1.82. The molecule has 1 atom stereocenters. The number of amides is 1. The maximum Gasteiger partial charge on any atom is 0.331 e. The second-order valence-electron chi connectivity index (χ2n) is 6.40. The van der Waals surface area contributed by atoms with Gasteiger partial charge in [0.15, 0.2) is 16.4 Å². The van der Waals surface area contributed by atoms with Gasteiger partial charge in [0.05, 0.1) is 17.0 Å². The van der Waals surface area contributed by atoms with E-state index in [2.05, 4.69) is 5.32 Å². The molecule has 0 aromatic heterocycles. The highest BCUT2D eigenvalue weighted by atomic mass is 35.5. The molecule has 1 heterocycles. The summed E-state index contributed by atoms with van der Waals surface area (Å²) in [6.45, 7) is 3.07. The third-order valence-electron chi connectivity index (χ3n) is 3.90. The second-order valence-corrected chi connectivity index (χ2v) is 8.99. The topological polar surface area (TPSA) is 89.5 Å². The first-order chi connectivity index (χ1) is 11.6. The predicted octanol–water partition coefficient (Wildman–Crippen LogP) is 1.90. The van der Waals surface area contributed by atoms with Crippen LogP contribution in [0.5, 0.6) is 0 Å². The molecule has 0 spiro atoms. The molecular weight excluding hydrogens is 366 g/mol. The van der Waals surface area contributed by atoms with E-state index >= 15 is 0 Å². The third kappa shape index (κ3) is 5.86. The highest BCUT2D eigenvalue weighted by Gasteiger charge is 2.39. The minimum absolute atomic E-state index is 0.0470. The van der Waals surface area contributed by atoms with Crippen LogP contribution >= 0.6 is 11.6 Å². The summed E-state index contributed by atoms with van der Waals surface area (Å²) in [7, 11) is -3.12. The van der Waals surface area contributed by atoms with E-state index in [1.165, 1.54) is 12.2 Å². The van der Waals surface area contributed by atoms with Gasteiger partial charge in [-0.25, -0.2) is 13.2 Å². The molecule has 1 aliphatic rings. The highest BCUT2D eigenvalue weighted by Crippen LogP contribution is 2.22.